The zero-order valence-corrected chi connectivity index (χ0v) is 21.1. The van der Waals surface area contributed by atoms with E-state index in [0.717, 1.165) is 16.5 Å². The molecule has 0 aromatic heterocycles. The summed E-state index contributed by atoms with van der Waals surface area (Å²) in [5, 5.41) is 2.85. The van der Waals surface area contributed by atoms with Crippen molar-refractivity contribution in [1.82, 2.24) is 5.32 Å². The monoisotopic (exact) mass is 498 g/mol. The first kappa shape index (κ1) is 25.6. The van der Waals surface area contributed by atoms with Crippen LogP contribution in [0.4, 0.5) is 5.69 Å². The second-order valence-electron chi connectivity index (χ2n) is 7.62. The summed E-state index contributed by atoms with van der Waals surface area (Å²) in [7, 11) is -3.94. The first-order valence-electron chi connectivity index (χ1n) is 11.2. The van der Waals surface area contributed by atoms with E-state index in [0.29, 0.717) is 24.6 Å². The van der Waals surface area contributed by atoms with Crippen LogP contribution in [0.25, 0.3) is 0 Å². The summed E-state index contributed by atoms with van der Waals surface area (Å²) in [6, 6.07) is 23.2. The largest absolute Gasteiger partial charge is 0.494 e. The second kappa shape index (κ2) is 12.5. The van der Waals surface area contributed by atoms with Crippen LogP contribution in [0.3, 0.4) is 0 Å². The fourth-order valence-corrected chi connectivity index (χ4v) is 5.50. The number of thioether (sulfide) groups is 1. The molecular weight excluding hydrogens is 468 g/mol. The van der Waals surface area contributed by atoms with Crippen LogP contribution in [0, 0.1) is 6.92 Å². The smallest absolute Gasteiger partial charge is 0.264 e. The quantitative estimate of drug-likeness (QED) is 0.284. The second-order valence-corrected chi connectivity index (χ2v) is 10.6. The third kappa shape index (κ3) is 7.27. The summed E-state index contributed by atoms with van der Waals surface area (Å²) in [5.74, 6) is 1.10. The summed E-state index contributed by atoms with van der Waals surface area (Å²) in [5.41, 5.74) is 1.65. The third-order valence-corrected chi connectivity index (χ3v) is 7.87. The maximum absolute atomic E-state index is 13.4. The van der Waals surface area contributed by atoms with E-state index in [1.165, 1.54) is 22.6 Å². The highest BCUT2D eigenvalue weighted by molar-refractivity contribution is 7.99. The number of rotatable bonds is 12. The number of benzene rings is 3. The predicted octanol–water partition coefficient (Wildman–Crippen LogP) is 4.89. The SMILES string of the molecule is CCOc1ccc(S(=O)(=O)N(CC(=O)NCCCSc2ccc(C)cc2)c2ccccc2)cc1. The Morgan fingerprint density at radius 1 is 0.971 bits per heavy atom. The normalized spacial score (nSPS) is 11.1. The van der Waals surface area contributed by atoms with Gasteiger partial charge in [-0.3, -0.25) is 9.10 Å². The topological polar surface area (TPSA) is 75.7 Å². The highest BCUT2D eigenvalue weighted by atomic mass is 32.2. The number of sulfonamides is 1. The van der Waals surface area contributed by atoms with E-state index in [2.05, 4.69) is 36.5 Å². The standard InChI is InChI=1S/C26H30N2O4S2/c1-3-32-23-12-16-25(17-13-23)34(30,31)28(22-8-5-4-6-9-22)20-26(29)27-18-7-19-33-24-14-10-21(2)11-15-24/h4-6,8-17H,3,7,18-20H2,1-2H3,(H,27,29). The van der Waals surface area contributed by atoms with Gasteiger partial charge in [-0.15, -0.1) is 11.8 Å². The third-order valence-electron chi connectivity index (χ3n) is 4.99. The number of amides is 1. The molecule has 0 unspecified atom stereocenters. The summed E-state index contributed by atoms with van der Waals surface area (Å²) in [4.78, 5) is 14.0. The lowest BCUT2D eigenvalue weighted by Crippen LogP contribution is -2.41. The Kier molecular flexibility index (Phi) is 9.42. The van der Waals surface area contributed by atoms with Gasteiger partial charge in [-0.1, -0.05) is 35.9 Å². The zero-order valence-electron chi connectivity index (χ0n) is 19.4. The molecule has 8 heteroatoms. The molecule has 0 saturated carbocycles. The first-order chi connectivity index (χ1) is 16.4. The van der Waals surface area contributed by atoms with Crippen molar-refractivity contribution in [3.05, 3.63) is 84.4 Å². The maximum Gasteiger partial charge on any atom is 0.264 e. The highest BCUT2D eigenvalue weighted by Crippen LogP contribution is 2.25. The van der Waals surface area contributed by atoms with Crippen molar-refractivity contribution in [1.29, 1.82) is 0 Å². The molecule has 0 aliphatic rings. The van der Waals surface area contributed by atoms with Gasteiger partial charge in [0.05, 0.1) is 17.2 Å². The molecule has 3 aromatic carbocycles. The number of nitrogens with zero attached hydrogens (tertiary/aromatic N) is 1. The van der Waals surface area contributed by atoms with Crippen LogP contribution >= 0.6 is 11.8 Å². The molecule has 0 radical (unpaired) electrons. The molecule has 0 heterocycles. The van der Waals surface area contributed by atoms with E-state index in [9.17, 15) is 13.2 Å². The van der Waals surface area contributed by atoms with Crippen molar-refractivity contribution < 1.29 is 17.9 Å². The number of hydrogen-bond acceptors (Lipinski definition) is 5. The number of hydrogen-bond donors (Lipinski definition) is 1. The fourth-order valence-electron chi connectivity index (χ4n) is 3.22. The molecule has 0 saturated heterocycles. The van der Waals surface area contributed by atoms with Crippen LogP contribution in [0.1, 0.15) is 18.9 Å². The van der Waals surface area contributed by atoms with Crippen LogP contribution < -0.4 is 14.4 Å². The van der Waals surface area contributed by atoms with Crippen LogP contribution in [0.5, 0.6) is 5.75 Å². The van der Waals surface area contributed by atoms with E-state index in [1.54, 1.807) is 54.2 Å². The van der Waals surface area contributed by atoms with Gasteiger partial charge in [0.25, 0.3) is 10.0 Å². The van der Waals surface area contributed by atoms with Gasteiger partial charge in [-0.05, 0) is 74.6 Å². The van der Waals surface area contributed by atoms with Crippen molar-refractivity contribution in [3.8, 4) is 5.75 Å². The Morgan fingerprint density at radius 3 is 2.29 bits per heavy atom. The Hall–Kier alpha value is -2.97. The molecular formula is C26H30N2O4S2. The molecule has 3 aromatic rings. The van der Waals surface area contributed by atoms with Crippen LogP contribution in [-0.2, 0) is 14.8 Å². The Morgan fingerprint density at radius 2 is 1.65 bits per heavy atom. The van der Waals surface area contributed by atoms with Gasteiger partial charge in [0, 0.05) is 11.4 Å². The average molecular weight is 499 g/mol. The molecule has 0 spiro atoms. The molecule has 34 heavy (non-hydrogen) atoms. The van der Waals surface area contributed by atoms with Crippen molar-refractivity contribution in [2.45, 2.75) is 30.1 Å². The number of nitrogens with one attached hydrogen (secondary N) is 1. The molecule has 1 amide bonds. The van der Waals surface area contributed by atoms with Crippen LogP contribution in [0.2, 0.25) is 0 Å². The van der Waals surface area contributed by atoms with Gasteiger partial charge >= 0.3 is 0 Å². The van der Waals surface area contributed by atoms with Crippen LogP contribution in [0.15, 0.2) is 88.7 Å². The van der Waals surface area contributed by atoms with Gasteiger partial charge in [0.15, 0.2) is 0 Å². The molecule has 180 valence electrons. The molecule has 1 N–H and O–H groups in total. The summed E-state index contributed by atoms with van der Waals surface area (Å²) in [6.45, 7) is 4.58. The average Bonchev–Trinajstić information content (AvgIpc) is 2.84. The van der Waals surface area contributed by atoms with Gasteiger partial charge < -0.3 is 10.1 Å². The Bertz CT molecular complexity index is 1150. The van der Waals surface area contributed by atoms with E-state index in [1.807, 2.05) is 6.92 Å². The Balaban J connectivity index is 1.62. The van der Waals surface area contributed by atoms with Crippen molar-refractivity contribution in [3.63, 3.8) is 0 Å². The van der Waals surface area contributed by atoms with E-state index in [-0.39, 0.29) is 17.3 Å². The van der Waals surface area contributed by atoms with Crippen molar-refractivity contribution >= 4 is 33.4 Å². The highest BCUT2D eigenvalue weighted by Gasteiger charge is 2.27. The lowest BCUT2D eigenvalue weighted by atomic mass is 10.2. The number of aryl methyl sites for hydroxylation is 1. The number of ether oxygens (including phenoxy) is 1. The summed E-state index contributed by atoms with van der Waals surface area (Å²) < 4.78 is 33.3. The number of carbonyl (C=O) groups excluding carboxylic acids is 1. The molecule has 0 bridgehead atoms. The summed E-state index contributed by atoms with van der Waals surface area (Å²) in [6.07, 6.45) is 0.779. The van der Waals surface area contributed by atoms with Crippen molar-refractivity contribution in [2.75, 3.05) is 29.8 Å². The van der Waals surface area contributed by atoms with E-state index in [4.69, 9.17) is 4.74 Å². The molecule has 6 nitrogen and oxygen atoms in total. The summed E-state index contributed by atoms with van der Waals surface area (Å²) >= 11 is 1.73. The molecule has 0 aliphatic heterocycles. The van der Waals surface area contributed by atoms with Gasteiger partial charge in [0.2, 0.25) is 5.91 Å². The minimum absolute atomic E-state index is 0.0992. The van der Waals surface area contributed by atoms with Gasteiger partial charge in [0.1, 0.15) is 12.3 Å². The Labute approximate surface area is 206 Å². The van der Waals surface area contributed by atoms with Gasteiger partial charge in [-0.25, -0.2) is 8.42 Å². The lowest BCUT2D eigenvalue weighted by Gasteiger charge is -2.24. The molecule has 3 rings (SSSR count). The first-order valence-corrected chi connectivity index (χ1v) is 13.6. The number of para-hydroxylation sites is 1. The molecule has 0 fully saturated rings. The van der Waals surface area contributed by atoms with Crippen molar-refractivity contribution in [2.24, 2.45) is 0 Å². The fraction of sp³-hybridized carbons (Fsp3) is 0.269. The molecule has 0 atom stereocenters. The lowest BCUT2D eigenvalue weighted by molar-refractivity contribution is -0.119. The number of carbonyl (C=O) groups is 1. The maximum atomic E-state index is 13.4. The minimum atomic E-state index is -3.94. The molecule has 0 aliphatic carbocycles. The van der Waals surface area contributed by atoms with E-state index >= 15 is 0 Å². The minimum Gasteiger partial charge on any atom is -0.494 e. The number of anilines is 1. The van der Waals surface area contributed by atoms with E-state index < -0.39 is 10.0 Å². The van der Waals surface area contributed by atoms with Gasteiger partial charge in [-0.2, -0.15) is 0 Å². The zero-order chi connectivity index (χ0) is 24.4. The van der Waals surface area contributed by atoms with Crippen LogP contribution in [-0.4, -0.2) is 39.8 Å². The predicted molar refractivity (Wildman–Crippen MR) is 138 cm³/mol.